The molecule has 1 atom stereocenters. The Balaban J connectivity index is 1.33. The third-order valence-corrected chi connectivity index (χ3v) is 4.52. The van der Waals surface area contributed by atoms with Crippen LogP contribution in [0, 0.1) is 0 Å². The Morgan fingerprint density at radius 1 is 1.43 bits per heavy atom. The minimum atomic E-state index is -0.118. The predicted octanol–water partition coefficient (Wildman–Crippen LogP) is 1.44. The Morgan fingerprint density at radius 2 is 2.30 bits per heavy atom. The lowest BCUT2D eigenvalue weighted by molar-refractivity contribution is -0.123. The normalized spacial score (nSPS) is 19.3. The van der Waals surface area contributed by atoms with Gasteiger partial charge >= 0.3 is 0 Å². The highest BCUT2D eigenvalue weighted by molar-refractivity contribution is 5.78. The molecule has 2 aromatic heterocycles. The highest BCUT2D eigenvalue weighted by atomic mass is 16.3. The molecule has 0 saturated heterocycles. The number of rotatable bonds is 5. The summed E-state index contributed by atoms with van der Waals surface area (Å²) in [4.78, 5) is 14.3. The number of nitrogens with zero attached hydrogens (tertiary/aromatic N) is 4. The maximum absolute atomic E-state index is 12.2. The summed E-state index contributed by atoms with van der Waals surface area (Å²) in [5.74, 6) is 3.50. The molecular weight excluding hydrogens is 294 g/mol. The molecule has 0 unspecified atom stereocenters. The van der Waals surface area contributed by atoms with E-state index in [-0.39, 0.29) is 11.9 Å². The van der Waals surface area contributed by atoms with Gasteiger partial charge in [0, 0.05) is 19.0 Å². The topological polar surface area (TPSA) is 76.2 Å². The van der Waals surface area contributed by atoms with Gasteiger partial charge in [-0.05, 0) is 31.9 Å². The zero-order valence-corrected chi connectivity index (χ0v) is 13.2. The Bertz CT molecular complexity index is 689. The zero-order valence-electron chi connectivity index (χ0n) is 13.2. The van der Waals surface area contributed by atoms with Crippen molar-refractivity contribution in [2.75, 3.05) is 13.1 Å². The number of hydrogen-bond acceptors (Lipinski definition) is 5. The molecule has 1 aliphatic carbocycles. The van der Waals surface area contributed by atoms with E-state index in [0.29, 0.717) is 19.0 Å². The number of furan rings is 1. The first-order valence-corrected chi connectivity index (χ1v) is 8.18. The molecule has 1 fully saturated rings. The molecule has 1 aliphatic heterocycles. The van der Waals surface area contributed by atoms with Gasteiger partial charge in [-0.15, -0.1) is 10.2 Å². The van der Waals surface area contributed by atoms with Crippen molar-refractivity contribution in [3.05, 3.63) is 35.8 Å². The van der Waals surface area contributed by atoms with Crippen LogP contribution < -0.4 is 5.32 Å². The summed E-state index contributed by atoms with van der Waals surface area (Å²) in [5, 5.41) is 11.6. The summed E-state index contributed by atoms with van der Waals surface area (Å²) in [5.41, 5.74) is 0. The van der Waals surface area contributed by atoms with Gasteiger partial charge in [0.15, 0.2) is 0 Å². The maximum Gasteiger partial charge on any atom is 0.234 e. The molecule has 1 saturated carbocycles. The van der Waals surface area contributed by atoms with Crippen LogP contribution in [0.5, 0.6) is 0 Å². The van der Waals surface area contributed by atoms with Crippen molar-refractivity contribution in [1.29, 1.82) is 0 Å². The summed E-state index contributed by atoms with van der Waals surface area (Å²) in [6.07, 6.45) is 4.08. The molecule has 1 N–H and O–H groups in total. The molecule has 7 nitrogen and oxygen atoms in total. The SMILES string of the molecule is C[C@H](NC(=O)CN1CCn2c(nnc2C2CC2)C1)c1ccco1. The van der Waals surface area contributed by atoms with E-state index in [0.717, 1.165) is 30.5 Å². The number of amides is 1. The molecule has 0 bridgehead atoms. The van der Waals surface area contributed by atoms with Crippen molar-refractivity contribution in [2.24, 2.45) is 0 Å². The largest absolute Gasteiger partial charge is 0.467 e. The van der Waals surface area contributed by atoms with Gasteiger partial charge in [0.1, 0.15) is 17.4 Å². The molecule has 0 spiro atoms. The monoisotopic (exact) mass is 315 g/mol. The van der Waals surface area contributed by atoms with Gasteiger partial charge in [-0.2, -0.15) is 0 Å². The van der Waals surface area contributed by atoms with Gasteiger partial charge in [-0.3, -0.25) is 9.69 Å². The average Bonchev–Trinajstić information content (AvgIpc) is 3.07. The van der Waals surface area contributed by atoms with Gasteiger partial charge in [-0.25, -0.2) is 0 Å². The van der Waals surface area contributed by atoms with Crippen molar-refractivity contribution in [3.8, 4) is 0 Å². The Kier molecular flexibility index (Phi) is 3.65. The minimum absolute atomic E-state index is 0.00396. The number of fused-ring (bicyclic) bond motifs is 1. The van der Waals surface area contributed by atoms with E-state index in [1.54, 1.807) is 6.26 Å². The van der Waals surface area contributed by atoms with Crippen molar-refractivity contribution in [1.82, 2.24) is 25.0 Å². The maximum atomic E-state index is 12.2. The smallest absolute Gasteiger partial charge is 0.234 e. The summed E-state index contributed by atoms with van der Waals surface area (Å²) >= 11 is 0. The second-order valence-corrected chi connectivity index (χ2v) is 6.42. The lowest BCUT2D eigenvalue weighted by atomic mass is 10.2. The zero-order chi connectivity index (χ0) is 15.8. The molecule has 0 radical (unpaired) electrons. The number of aromatic nitrogens is 3. The highest BCUT2D eigenvalue weighted by Gasteiger charge is 2.32. The third-order valence-electron chi connectivity index (χ3n) is 4.52. The third kappa shape index (κ3) is 3.01. The van der Waals surface area contributed by atoms with Crippen LogP contribution in [0.1, 0.15) is 49.1 Å². The molecule has 2 aliphatic rings. The quantitative estimate of drug-likeness (QED) is 0.903. The predicted molar refractivity (Wildman–Crippen MR) is 82.5 cm³/mol. The van der Waals surface area contributed by atoms with Crippen LogP contribution in [0.15, 0.2) is 22.8 Å². The van der Waals surface area contributed by atoms with E-state index >= 15 is 0 Å². The Labute approximate surface area is 134 Å². The van der Waals surface area contributed by atoms with Crippen LogP contribution in [0.4, 0.5) is 0 Å². The van der Waals surface area contributed by atoms with Gasteiger partial charge < -0.3 is 14.3 Å². The summed E-state index contributed by atoms with van der Waals surface area (Å²) in [6.45, 7) is 4.70. The molecule has 23 heavy (non-hydrogen) atoms. The molecule has 3 heterocycles. The molecule has 2 aromatic rings. The molecule has 7 heteroatoms. The first-order valence-electron chi connectivity index (χ1n) is 8.18. The van der Waals surface area contributed by atoms with E-state index in [2.05, 4.69) is 25.0 Å². The van der Waals surface area contributed by atoms with Crippen LogP contribution >= 0.6 is 0 Å². The fraction of sp³-hybridized carbons (Fsp3) is 0.562. The highest BCUT2D eigenvalue weighted by Crippen LogP contribution is 2.39. The van der Waals surface area contributed by atoms with E-state index in [1.807, 2.05) is 19.1 Å². The Morgan fingerprint density at radius 3 is 3.04 bits per heavy atom. The summed E-state index contributed by atoms with van der Waals surface area (Å²) in [6, 6.07) is 3.58. The molecule has 1 amide bonds. The molecule has 4 rings (SSSR count). The second kappa shape index (κ2) is 5.81. The van der Waals surface area contributed by atoms with Crippen molar-refractivity contribution in [3.63, 3.8) is 0 Å². The molecule has 0 aromatic carbocycles. The lowest BCUT2D eigenvalue weighted by Crippen LogP contribution is -2.42. The van der Waals surface area contributed by atoms with Gasteiger partial charge in [0.25, 0.3) is 0 Å². The number of hydrogen-bond donors (Lipinski definition) is 1. The standard InChI is InChI=1S/C16H21N5O2/c1-11(13-3-2-8-23-13)17-15(22)10-20-6-7-21-14(9-20)18-19-16(21)12-4-5-12/h2-3,8,11-12H,4-7,9-10H2,1H3,(H,17,22)/t11-/m0/s1. The van der Waals surface area contributed by atoms with Gasteiger partial charge in [0.05, 0.1) is 25.4 Å². The van der Waals surface area contributed by atoms with Crippen LogP contribution in [-0.2, 0) is 17.9 Å². The molecular formula is C16H21N5O2. The number of carbonyl (C=O) groups is 1. The van der Waals surface area contributed by atoms with Crippen LogP contribution in [-0.4, -0.2) is 38.7 Å². The van der Waals surface area contributed by atoms with E-state index < -0.39 is 0 Å². The number of nitrogens with one attached hydrogen (secondary N) is 1. The average molecular weight is 315 g/mol. The van der Waals surface area contributed by atoms with Crippen molar-refractivity contribution in [2.45, 2.75) is 44.8 Å². The Hall–Kier alpha value is -2.15. The summed E-state index contributed by atoms with van der Waals surface area (Å²) < 4.78 is 7.55. The van der Waals surface area contributed by atoms with E-state index in [9.17, 15) is 4.79 Å². The molecule has 122 valence electrons. The van der Waals surface area contributed by atoms with Gasteiger partial charge in [-0.1, -0.05) is 0 Å². The fourth-order valence-electron chi connectivity index (χ4n) is 3.11. The van der Waals surface area contributed by atoms with E-state index in [1.165, 1.54) is 12.8 Å². The van der Waals surface area contributed by atoms with Crippen LogP contribution in [0.2, 0.25) is 0 Å². The van der Waals surface area contributed by atoms with Crippen molar-refractivity contribution < 1.29 is 9.21 Å². The first kappa shape index (κ1) is 14.4. The minimum Gasteiger partial charge on any atom is -0.467 e. The van der Waals surface area contributed by atoms with Crippen LogP contribution in [0.3, 0.4) is 0 Å². The van der Waals surface area contributed by atoms with E-state index in [4.69, 9.17) is 4.42 Å². The summed E-state index contributed by atoms with van der Waals surface area (Å²) in [7, 11) is 0. The number of carbonyl (C=O) groups excluding carboxylic acids is 1. The van der Waals surface area contributed by atoms with Gasteiger partial charge in [0.2, 0.25) is 5.91 Å². The second-order valence-electron chi connectivity index (χ2n) is 6.42. The van der Waals surface area contributed by atoms with Crippen LogP contribution in [0.25, 0.3) is 0 Å². The van der Waals surface area contributed by atoms with Crippen molar-refractivity contribution >= 4 is 5.91 Å². The fourth-order valence-corrected chi connectivity index (χ4v) is 3.11. The first-order chi connectivity index (χ1) is 11.2. The lowest BCUT2D eigenvalue weighted by Gasteiger charge is -2.27.